The zero-order chi connectivity index (χ0) is 38.5. The Morgan fingerprint density at radius 2 is 0.877 bits per heavy atom. The van der Waals surface area contributed by atoms with E-state index in [0.717, 1.165) is 11.4 Å². The van der Waals surface area contributed by atoms with Crippen molar-refractivity contribution in [3.05, 3.63) is 210 Å². The summed E-state index contributed by atoms with van der Waals surface area (Å²) < 4.78 is 0. The summed E-state index contributed by atoms with van der Waals surface area (Å²) in [4.78, 5) is 2.49. The van der Waals surface area contributed by atoms with Crippen LogP contribution < -0.4 is 4.90 Å². The number of benzene rings is 9. The van der Waals surface area contributed by atoms with Gasteiger partial charge in [-0.1, -0.05) is 179 Å². The summed E-state index contributed by atoms with van der Waals surface area (Å²) in [5.41, 5.74) is 19.1. The number of fused-ring (bicyclic) bond motifs is 9. The summed E-state index contributed by atoms with van der Waals surface area (Å²) >= 11 is 0. The van der Waals surface area contributed by atoms with E-state index in [0.29, 0.717) is 0 Å². The van der Waals surface area contributed by atoms with E-state index >= 15 is 0 Å². The molecule has 9 aromatic rings. The van der Waals surface area contributed by atoms with Crippen LogP contribution in [0.25, 0.3) is 66.1 Å². The van der Waals surface area contributed by atoms with Gasteiger partial charge in [0.2, 0.25) is 0 Å². The molecule has 0 unspecified atom stereocenters. The SMILES string of the molecule is CC1(C)c2ccccc2-c2cccc(-c3ccc(N(c4ccc(-c5ccc6ccccc6c5)cc4)c4cc5ccccc5c5c4-c4ccccc4C5(C)C)cc3)c21. The van der Waals surface area contributed by atoms with E-state index in [-0.39, 0.29) is 10.8 Å². The van der Waals surface area contributed by atoms with Crippen molar-refractivity contribution < 1.29 is 0 Å². The van der Waals surface area contributed by atoms with Gasteiger partial charge >= 0.3 is 0 Å². The Bertz CT molecular complexity index is 3050. The van der Waals surface area contributed by atoms with E-state index in [2.05, 4.69) is 221 Å². The van der Waals surface area contributed by atoms with Gasteiger partial charge in [-0.3, -0.25) is 0 Å². The van der Waals surface area contributed by atoms with Gasteiger partial charge in [-0.15, -0.1) is 0 Å². The fourth-order valence-corrected chi connectivity index (χ4v) is 10.3. The molecule has 57 heavy (non-hydrogen) atoms. The molecule has 272 valence electrons. The highest BCUT2D eigenvalue weighted by Crippen LogP contribution is 2.57. The van der Waals surface area contributed by atoms with Gasteiger partial charge < -0.3 is 4.90 Å². The first-order valence-electron chi connectivity index (χ1n) is 20.2. The Morgan fingerprint density at radius 1 is 0.351 bits per heavy atom. The molecule has 0 bridgehead atoms. The number of nitrogens with zero attached hydrogens (tertiary/aromatic N) is 1. The fourth-order valence-electron chi connectivity index (χ4n) is 10.3. The molecule has 1 heteroatoms. The third-order valence-electron chi connectivity index (χ3n) is 13.0. The van der Waals surface area contributed by atoms with Crippen LogP contribution in [-0.4, -0.2) is 0 Å². The van der Waals surface area contributed by atoms with Gasteiger partial charge in [-0.25, -0.2) is 0 Å². The van der Waals surface area contributed by atoms with Crippen LogP contribution in [0.2, 0.25) is 0 Å². The minimum Gasteiger partial charge on any atom is -0.310 e. The van der Waals surface area contributed by atoms with Crippen LogP contribution in [0, 0.1) is 0 Å². The molecule has 1 nitrogen and oxygen atoms in total. The second-order valence-electron chi connectivity index (χ2n) is 16.9. The minimum atomic E-state index is -0.158. The maximum Gasteiger partial charge on any atom is 0.0549 e. The van der Waals surface area contributed by atoms with Crippen LogP contribution in [0.4, 0.5) is 17.1 Å². The molecule has 0 N–H and O–H groups in total. The molecule has 2 aliphatic carbocycles. The average Bonchev–Trinajstić information content (AvgIpc) is 3.64. The van der Waals surface area contributed by atoms with Crippen molar-refractivity contribution in [2.24, 2.45) is 0 Å². The maximum atomic E-state index is 2.49. The summed E-state index contributed by atoms with van der Waals surface area (Å²) in [6, 6.07) is 70.0. The third-order valence-corrected chi connectivity index (χ3v) is 13.0. The average molecular weight is 730 g/mol. The van der Waals surface area contributed by atoms with Crippen molar-refractivity contribution in [1.29, 1.82) is 0 Å². The molecule has 9 aromatic carbocycles. The molecule has 0 fully saturated rings. The molecular formula is C56H43N. The second-order valence-corrected chi connectivity index (χ2v) is 16.9. The molecule has 0 aromatic heterocycles. The lowest BCUT2D eigenvalue weighted by molar-refractivity contribution is 0.662. The van der Waals surface area contributed by atoms with Crippen molar-refractivity contribution in [2.45, 2.75) is 38.5 Å². The van der Waals surface area contributed by atoms with Gasteiger partial charge in [-0.2, -0.15) is 0 Å². The highest BCUT2D eigenvalue weighted by Gasteiger charge is 2.40. The molecule has 0 spiro atoms. The van der Waals surface area contributed by atoms with Gasteiger partial charge in [0.05, 0.1) is 5.69 Å². The Kier molecular flexibility index (Phi) is 7.32. The number of hydrogen-bond acceptors (Lipinski definition) is 1. The minimum absolute atomic E-state index is 0.0914. The maximum absolute atomic E-state index is 2.49. The monoisotopic (exact) mass is 729 g/mol. The third kappa shape index (κ3) is 5.02. The van der Waals surface area contributed by atoms with E-state index in [1.807, 2.05) is 0 Å². The van der Waals surface area contributed by atoms with Crippen LogP contribution >= 0.6 is 0 Å². The summed E-state index contributed by atoms with van der Waals surface area (Å²) in [5, 5.41) is 5.09. The number of rotatable bonds is 5. The van der Waals surface area contributed by atoms with Crippen LogP contribution in [0.5, 0.6) is 0 Å². The van der Waals surface area contributed by atoms with E-state index in [4.69, 9.17) is 0 Å². The molecule has 2 aliphatic rings. The zero-order valence-electron chi connectivity index (χ0n) is 32.8. The summed E-state index contributed by atoms with van der Waals surface area (Å²) in [6.45, 7) is 9.53. The lowest BCUT2D eigenvalue weighted by atomic mass is 9.79. The molecule has 0 radical (unpaired) electrons. The Hall–Kier alpha value is -6.70. The lowest BCUT2D eigenvalue weighted by Crippen LogP contribution is -2.17. The van der Waals surface area contributed by atoms with E-state index in [1.165, 1.54) is 94.0 Å². The highest BCUT2D eigenvalue weighted by molar-refractivity contribution is 6.06. The predicted octanol–water partition coefficient (Wildman–Crippen LogP) is 15.4. The van der Waals surface area contributed by atoms with Crippen LogP contribution in [-0.2, 0) is 10.8 Å². The van der Waals surface area contributed by atoms with Gasteiger partial charge in [-0.05, 0) is 119 Å². The summed E-state index contributed by atoms with van der Waals surface area (Å²) in [5.74, 6) is 0. The number of anilines is 3. The Balaban J connectivity index is 1.10. The van der Waals surface area contributed by atoms with Crippen molar-refractivity contribution in [3.8, 4) is 44.5 Å². The van der Waals surface area contributed by atoms with Crippen LogP contribution in [0.1, 0.15) is 49.9 Å². The van der Waals surface area contributed by atoms with E-state index < -0.39 is 0 Å². The van der Waals surface area contributed by atoms with Gasteiger partial charge in [0.1, 0.15) is 0 Å². The van der Waals surface area contributed by atoms with Gasteiger partial charge in [0, 0.05) is 27.8 Å². The van der Waals surface area contributed by atoms with E-state index in [9.17, 15) is 0 Å². The summed E-state index contributed by atoms with van der Waals surface area (Å²) in [6.07, 6.45) is 0. The Labute approximate surface area is 335 Å². The van der Waals surface area contributed by atoms with Crippen molar-refractivity contribution >= 4 is 38.6 Å². The zero-order valence-corrected chi connectivity index (χ0v) is 32.8. The molecule has 0 saturated carbocycles. The molecule has 0 heterocycles. The molecule has 0 saturated heterocycles. The van der Waals surface area contributed by atoms with Crippen LogP contribution in [0.15, 0.2) is 188 Å². The Morgan fingerprint density at radius 3 is 1.61 bits per heavy atom. The molecule has 0 atom stereocenters. The van der Waals surface area contributed by atoms with Crippen molar-refractivity contribution in [3.63, 3.8) is 0 Å². The second kappa shape index (κ2) is 12.4. The smallest absolute Gasteiger partial charge is 0.0549 e. The quantitative estimate of drug-likeness (QED) is 0.170. The highest BCUT2D eigenvalue weighted by atomic mass is 15.1. The molecule has 0 amide bonds. The normalized spacial score (nSPS) is 14.2. The largest absolute Gasteiger partial charge is 0.310 e. The van der Waals surface area contributed by atoms with Gasteiger partial charge in [0.15, 0.2) is 0 Å². The lowest BCUT2D eigenvalue weighted by Gasteiger charge is -2.30. The molecule has 11 rings (SSSR count). The predicted molar refractivity (Wildman–Crippen MR) is 242 cm³/mol. The first kappa shape index (κ1) is 33.6. The first-order valence-corrected chi connectivity index (χ1v) is 20.2. The summed E-state index contributed by atoms with van der Waals surface area (Å²) in [7, 11) is 0. The van der Waals surface area contributed by atoms with Crippen molar-refractivity contribution in [2.75, 3.05) is 4.90 Å². The number of hydrogen-bond donors (Lipinski definition) is 0. The topological polar surface area (TPSA) is 3.24 Å². The molecule has 0 aliphatic heterocycles. The first-order chi connectivity index (χ1) is 27.8. The van der Waals surface area contributed by atoms with Crippen molar-refractivity contribution in [1.82, 2.24) is 0 Å². The fraction of sp³-hybridized carbons (Fsp3) is 0.107. The van der Waals surface area contributed by atoms with E-state index in [1.54, 1.807) is 0 Å². The standard InChI is InChI=1S/C56H43N/c1-55(2)49-22-11-9-18-46(49)47-21-13-20-44(53(47)55)38-28-32-43(33-29-38)57(42-30-26-37(27-31-42)40-25-24-36-14-5-6-15-39(36)34-40)51-35-41-16-7-8-17-45(41)54-52(51)48-19-10-12-23-50(48)56(54,3)4/h5-35H,1-4H3. The van der Waals surface area contributed by atoms with Crippen LogP contribution in [0.3, 0.4) is 0 Å². The molecular weight excluding hydrogens is 687 g/mol. The van der Waals surface area contributed by atoms with Gasteiger partial charge in [0.25, 0.3) is 0 Å².